The molecule has 5 nitrogen and oxygen atoms in total. The van der Waals surface area contributed by atoms with Gasteiger partial charge in [0.2, 0.25) is 0 Å². The molecule has 0 aliphatic carbocycles. The fourth-order valence-electron chi connectivity index (χ4n) is 2.90. The number of aromatic nitrogens is 2. The molecule has 0 spiro atoms. The highest BCUT2D eigenvalue weighted by Crippen LogP contribution is 2.22. The highest BCUT2D eigenvalue weighted by molar-refractivity contribution is 6.31. The van der Waals surface area contributed by atoms with E-state index in [9.17, 15) is 4.79 Å². The lowest BCUT2D eigenvalue weighted by molar-refractivity contribution is 0.102. The number of hydrogen-bond acceptors (Lipinski definition) is 4. The van der Waals surface area contributed by atoms with Gasteiger partial charge in [-0.15, -0.1) is 0 Å². The lowest BCUT2D eigenvalue weighted by atomic mass is 10.1. The number of halogens is 1. The van der Waals surface area contributed by atoms with Gasteiger partial charge in [-0.3, -0.25) is 14.8 Å². The summed E-state index contributed by atoms with van der Waals surface area (Å²) in [6.07, 6.45) is 4.92. The van der Waals surface area contributed by atoms with E-state index in [4.69, 9.17) is 11.6 Å². The number of carbonyl (C=O) groups excluding carboxylic acids is 1. The van der Waals surface area contributed by atoms with E-state index in [0.717, 1.165) is 22.2 Å². The van der Waals surface area contributed by atoms with Crippen LogP contribution in [-0.2, 0) is 6.54 Å². The second kappa shape index (κ2) is 8.06. The molecule has 4 rings (SSSR count). The smallest absolute Gasteiger partial charge is 0.257 e. The minimum atomic E-state index is -0.243. The Morgan fingerprint density at radius 2 is 1.86 bits per heavy atom. The maximum absolute atomic E-state index is 12.7. The Labute approximate surface area is 167 Å². The minimum absolute atomic E-state index is 0.243. The van der Waals surface area contributed by atoms with Crippen LogP contribution < -0.4 is 10.6 Å². The van der Waals surface area contributed by atoms with E-state index in [1.165, 1.54) is 6.20 Å². The van der Waals surface area contributed by atoms with E-state index >= 15 is 0 Å². The molecule has 0 aliphatic rings. The Morgan fingerprint density at radius 1 is 1.00 bits per heavy atom. The summed E-state index contributed by atoms with van der Waals surface area (Å²) in [4.78, 5) is 21.2. The number of amides is 1. The first-order valence-electron chi connectivity index (χ1n) is 8.78. The summed E-state index contributed by atoms with van der Waals surface area (Å²) in [5.74, 6) is -0.243. The van der Waals surface area contributed by atoms with Crippen LogP contribution in [0.2, 0.25) is 5.02 Å². The molecule has 2 aromatic heterocycles. The molecule has 0 saturated carbocycles. The van der Waals surface area contributed by atoms with Crippen molar-refractivity contribution in [1.29, 1.82) is 0 Å². The largest absolute Gasteiger partial charge is 0.380 e. The number of fused-ring (bicyclic) bond motifs is 1. The zero-order valence-corrected chi connectivity index (χ0v) is 15.6. The van der Waals surface area contributed by atoms with Crippen molar-refractivity contribution in [2.45, 2.75) is 6.54 Å². The van der Waals surface area contributed by atoms with Crippen molar-refractivity contribution in [3.05, 3.63) is 95.4 Å². The quantitative estimate of drug-likeness (QED) is 0.496. The zero-order chi connectivity index (χ0) is 19.3. The van der Waals surface area contributed by atoms with E-state index in [1.807, 2.05) is 54.6 Å². The average molecular weight is 389 g/mol. The second-order valence-electron chi connectivity index (χ2n) is 6.24. The van der Waals surface area contributed by atoms with Crippen LogP contribution in [0.25, 0.3) is 10.9 Å². The summed E-state index contributed by atoms with van der Waals surface area (Å²) >= 11 is 6.18. The molecule has 0 unspecified atom stereocenters. The monoisotopic (exact) mass is 388 g/mol. The van der Waals surface area contributed by atoms with Gasteiger partial charge >= 0.3 is 0 Å². The lowest BCUT2D eigenvalue weighted by Gasteiger charge is -2.10. The van der Waals surface area contributed by atoms with Crippen molar-refractivity contribution in [3.63, 3.8) is 0 Å². The van der Waals surface area contributed by atoms with Crippen molar-refractivity contribution < 1.29 is 4.79 Å². The number of hydrogen-bond donors (Lipinski definition) is 2. The van der Waals surface area contributed by atoms with E-state index in [1.54, 1.807) is 18.5 Å². The van der Waals surface area contributed by atoms with Gasteiger partial charge in [-0.2, -0.15) is 0 Å². The Hall–Kier alpha value is -3.44. The summed E-state index contributed by atoms with van der Waals surface area (Å²) in [7, 11) is 0. The van der Waals surface area contributed by atoms with Gasteiger partial charge in [0.05, 0.1) is 22.5 Å². The van der Waals surface area contributed by atoms with Crippen molar-refractivity contribution in [2.24, 2.45) is 0 Å². The van der Waals surface area contributed by atoms with Crippen molar-refractivity contribution in [2.75, 3.05) is 10.6 Å². The molecular formula is C22H17ClN4O. The van der Waals surface area contributed by atoms with Gasteiger partial charge < -0.3 is 10.6 Å². The van der Waals surface area contributed by atoms with E-state index in [-0.39, 0.29) is 5.91 Å². The first-order chi connectivity index (χ1) is 13.7. The highest BCUT2D eigenvalue weighted by Gasteiger charge is 2.10. The van der Waals surface area contributed by atoms with E-state index < -0.39 is 0 Å². The molecule has 0 saturated heterocycles. The molecule has 6 heteroatoms. The van der Waals surface area contributed by atoms with Gasteiger partial charge in [0, 0.05) is 35.5 Å². The molecule has 4 aromatic rings. The molecule has 2 N–H and O–H groups in total. The predicted octanol–water partition coefficient (Wildman–Crippen LogP) is 5.15. The second-order valence-corrected chi connectivity index (χ2v) is 6.65. The molecule has 0 bridgehead atoms. The number of pyridine rings is 2. The highest BCUT2D eigenvalue weighted by atomic mass is 35.5. The van der Waals surface area contributed by atoms with Gasteiger partial charge in [0.15, 0.2) is 0 Å². The van der Waals surface area contributed by atoms with Crippen molar-refractivity contribution >= 4 is 39.8 Å². The maximum atomic E-state index is 12.7. The van der Waals surface area contributed by atoms with E-state index in [2.05, 4.69) is 20.6 Å². The molecule has 2 aromatic carbocycles. The van der Waals surface area contributed by atoms with E-state index in [0.29, 0.717) is 22.8 Å². The number of para-hydroxylation sites is 1. The van der Waals surface area contributed by atoms with Gasteiger partial charge in [0.1, 0.15) is 0 Å². The topological polar surface area (TPSA) is 66.9 Å². The number of nitrogens with one attached hydrogen (secondary N) is 2. The Morgan fingerprint density at radius 3 is 2.75 bits per heavy atom. The SMILES string of the molecule is O=C(Nc1cccc2cccnc12)c1cncc(NCc2ccccc2Cl)c1. The molecule has 138 valence electrons. The average Bonchev–Trinajstić information content (AvgIpc) is 2.74. The Bertz CT molecular complexity index is 1140. The van der Waals surface area contributed by atoms with Gasteiger partial charge in [-0.25, -0.2) is 0 Å². The van der Waals surface area contributed by atoms with Crippen molar-refractivity contribution in [1.82, 2.24) is 9.97 Å². The van der Waals surface area contributed by atoms with Crippen LogP contribution in [0, 0.1) is 0 Å². The minimum Gasteiger partial charge on any atom is -0.380 e. The number of nitrogens with zero attached hydrogens (tertiary/aromatic N) is 2. The van der Waals surface area contributed by atoms with Gasteiger partial charge in [-0.1, -0.05) is 48.0 Å². The third-order valence-electron chi connectivity index (χ3n) is 4.32. The lowest BCUT2D eigenvalue weighted by Crippen LogP contribution is -2.13. The maximum Gasteiger partial charge on any atom is 0.257 e. The first kappa shape index (κ1) is 17.9. The number of benzene rings is 2. The number of anilines is 2. The normalized spacial score (nSPS) is 10.6. The fraction of sp³-hybridized carbons (Fsp3) is 0.0455. The Kier molecular flexibility index (Phi) is 5.17. The molecule has 0 atom stereocenters. The van der Waals surface area contributed by atoms with Crippen LogP contribution in [0.15, 0.2) is 79.3 Å². The molecule has 1 amide bonds. The van der Waals surface area contributed by atoms with Crippen LogP contribution in [0.1, 0.15) is 15.9 Å². The van der Waals surface area contributed by atoms with Crippen LogP contribution in [0.5, 0.6) is 0 Å². The number of rotatable bonds is 5. The molecule has 0 aliphatic heterocycles. The summed E-state index contributed by atoms with van der Waals surface area (Å²) < 4.78 is 0. The zero-order valence-electron chi connectivity index (χ0n) is 14.9. The first-order valence-corrected chi connectivity index (χ1v) is 9.16. The van der Waals surface area contributed by atoms with Crippen LogP contribution in [-0.4, -0.2) is 15.9 Å². The third kappa shape index (κ3) is 3.94. The summed E-state index contributed by atoms with van der Waals surface area (Å²) in [5, 5.41) is 7.83. The van der Waals surface area contributed by atoms with Crippen LogP contribution in [0.3, 0.4) is 0 Å². The van der Waals surface area contributed by atoms with Crippen LogP contribution >= 0.6 is 11.6 Å². The summed E-state index contributed by atoms with van der Waals surface area (Å²) in [6, 6.07) is 18.9. The standard InChI is InChI=1S/C22H17ClN4O/c23-19-8-2-1-5-16(19)13-26-18-11-17(12-24-14-18)22(28)27-20-9-3-6-15-7-4-10-25-21(15)20/h1-12,14,26H,13H2,(H,27,28). The van der Waals surface area contributed by atoms with Crippen molar-refractivity contribution in [3.8, 4) is 0 Å². The van der Waals surface area contributed by atoms with Gasteiger partial charge in [0.25, 0.3) is 5.91 Å². The summed E-state index contributed by atoms with van der Waals surface area (Å²) in [5.41, 5.74) is 3.58. The third-order valence-corrected chi connectivity index (χ3v) is 4.69. The molecule has 0 fully saturated rings. The Balaban J connectivity index is 1.50. The van der Waals surface area contributed by atoms with Crippen LogP contribution in [0.4, 0.5) is 11.4 Å². The molecular weight excluding hydrogens is 372 g/mol. The molecule has 2 heterocycles. The predicted molar refractivity (Wildman–Crippen MR) is 113 cm³/mol. The molecule has 0 radical (unpaired) electrons. The summed E-state index contributed by atoms with van der Waals surface area (Å²) in [6.45, 7) is 0.541. The number of carbonyl (C=O) groups is 1. The molecule has 28 heavy (non-hydrogen) atoms. The van der Waals surface area contributed by atoms with Gasteiger partial charge in [-0.05, 0) is 29.8 Å². The fourth-order valence-corrected chi connectivity index (χ4v) is 3.10.